The van der Waals surface area contributed by atoms with Gasteiger partial charge in [-0.1, -0.05) is 0 Å². The maximum Gasteiger partial charge on any atom is 0.335 e. The highest BCUT2D eigenvalue weighted by Crippen LogP contribution is 2.23. The molecule has 16 heavy (non-hydrogen) atoms. The van der Waals surface area contributed by atoms with Crippen LogP contribution in [0, 0.1) is 21.4 Å². The molecule has 0 saturated carbocycles. The molecule has 1 rings (SSSR count). The molecular formula is C9H7N3O4. The molecule has 0 heterocycles. The quantitative estimate of drug-likeness (QED) is 0.568. The van der Waals surface area contributed by atoms with Crippen molar-refractivity contribution in [1.29, 1.82) is 5.26 Å². The highest BCUT2D eigenvalue weighted by atomic mass is 16.6. The predicted octanol–water partition coefficient (Wildman–Crippen LogP) is 0.623. The van der Waals surface area contributed by atoms with E-state index in [0.717, 1.165) is 12.1 Å². The first kappa shape index (κ1) is 11.6. The van der Waals surface area contributed by atoms with E-state index in [4.69, 9.17) is 16.1 Å². The number of hydrogen-bond acceptors (Lipinski definition) is 5. The molecule has 3 N–H and O–H groups in total. The van der Waals surface area contributed by atoms with E-state index in [2.05, 4.69) is 0 Å². The van der Waals surface area contributed by atoms with Crippen LogP contribution >= 0.6 is 0 Å². The summed E-state index contributed by atoms with van der Waals surface area (Å²) >= 11 is 0. The third kappa shape index (κ3) is 1.97. The molecular weight excluding hydrogens is 214 g/mol. The summed E-state index contributed by atoms with van der Waals surface area (Å²) in [5.74, 6) is -1.30. The minimum atomic E-state index is -1.30. The number of nitrogens with zero attached hydrogens (tertiary/aromatic N) is 2. The molecule has 0 atom stereocenters. The van der Waals surface area contributed by atoms with Crippen LogP contribution in [0.25, 0.3) is 0 Å². The number of carboxylic acid groups (broad SMARTS) is 1. The summed E-state index contributed by atoms with van der Waals surface area (Å²) in [5, 5.41) is 28.1. The molecule has 0 radical (unpaired) electrons. The lowest BCUT2D eigenvalue weighted by Gasteiger charge is -2.03. The second kappa shape index (κ2) is 4.37. The Bertz CT molecular complexity index is 504. The van der Waals surface area contributed by atoms with Crippen LogP contribution < -0.4 is 5.73 Å². The number of rotatable bonds is 3. The van der Waals surface area contributed by atoms with Crippen molar-refractivity contribution >= 4 is 11.7 Å². The smallest absolute Gasteiger partial charge is 0.335 e. The molecule has 0 amide bonds. The molecule has 82 valence electrons. The molecule has 0 aliphatic rings. The molecule has 0 unspecified atom stereocenters. The van der Waals surface area contributed by atoms with Gasteiger partial charge in [0.1, 0.15) is 11.6 Å². The Balaban J connectivity index is 3.57. The van der Waals surface area contributed by atoms with E-state index in [9.17, 15) is 14.9 Å². The third-order valence-electron chi connectivity index (χ3n) is 1.97. The first-order chi connectivity index (χ1) is 7.51. The topological polar surface area (TPSA) is 130 Å². The Morgan fingerprint density at radius 1 is 1.62 bits per heavy atom. The number of nitrogens with two attached hydrogens (primary N) is 1. The van der Waals surface area contributed by atoms with Crippen LogP contribution in [0.5, 0.6) is 0 Å². The number of carbonyl (C=O) groups is 1. The Morgan fingerprint density at radius 2 is 2.25 bits per heavy atom. The predicted molar refractivity (Wildman–Crippen MR) is 52.7 cm³/mol. The molecule has 1 aromatic rings. The SMILES string of the molecule is N#Cc1c(CN)cc(C(=O)O)cc1[N+](=O)[O-]. The second-order valence-electron chi connectivity index (χ2n) is 2.91. The summed E-state index contributed by atoms with van der Waals surface area (Å²) in [7, 11) is 0. The third-order valence-corrected chi connectivity index (χ3v) is 1.97. The van der Waals surface area contributed by atoms with E-state index in [0.29, 0.717) is 0 Å². The van der Waals surface area contributed by atoms with Gasteiger partial charge in [-0.2, -0.15) is 5.26 Å². The molecule has 0 spiro atoms. The molecule has 0 fully saturated rings. The first-order valence-electron chi connectivity index (χ1n) is 4.16. The van der Waals surface area contributed by atoms with Crippen LogP contribution in [0.4, 0.5) is 5.69 Å². The minimum Gasteiger partial charge on any atom is -0.478 e. The first-order valence-corrected chi connectivity index (χ1v) is 4.16. The lowest BCUT2D eigenvalue weighted by atomic mass is 10.0. The van der Waals surface area contributed by atoms with Crippen LogP contribution in [-0.2, 0) is 6.54 Å². The lowest BCUT2D eigenvalue weighted by Crippen LogP contribution is -2.07. The molecule has 7 nitrogen and oxygen atoms in total. The Hall–Kier alpha value is -2.46. The zero-order valence-electron chi connectivity index (χ0n) is 8.01. The van der Waals surface area contributed by atoms with Crippen LogP contribution in [0.1, 0.15) is 21.5 Å². The number of nitriles is 1. The summed E-state index contributed by atoms with van der Waals surface area (Å²) in [6.45, 7) is -0.134. The summed E-state index contributed by atoms with van der Waals surface area (Å²) in [6.07, 6.45) is 0. The normalized spacial score (nSPS) is 9.50. The van der Waals surface area contributed by atoms with Crippen molar-refractivity contribution in [2.24, 2.45) is 5.73 Å². The molecule has 7 heteroatoms. The van der Waals surface area contributed by atoms with Crippen LogP contribution in [0.2, 0.25) is 0 Å². The Labute approximate surface area is 89.9 Å². The average Bonchev–Trinajstić information content (AvgIpc) is 2.26. The van der Waals surface area contributed by atoms with Gasteiger partial charge in [0.2, 0.25) is 0 Å². The average molecular weight is 221 g/mol. The van der Waals surface area contributed by atoms with Gasteiger partial charge in [-0.05, 0) is 11.6 Å². The van der Waals surface area contributed by atoms with E-state index in [1.54, 1.807) is 6.07 Å². The van der Waals surface area contributed by atoms with Gasteiger partial charge in [-0.15, -0.1) is 0 Å². The Morgan fingerprint density at radius 3 is 2.62 bits per heavy atom. The van der Waals surface area contributed by atoms with Crippen molar-refractivity contribution in [3.05, 3.63) is 38.9 Å². The fraction of sp³-hybridized carbons (Fsp3) is 0.111. The number of hydrogen-bond donors (Lipinski definition) is 2. The maximum atomic E-state index is 10.7. The van der Waals surface area contributed by atoms with Gasteiger partial charge in [-0.3, -0.25) is 10.1 Å². The zero-order valence-corrected chi connectivity index (χ0v) is 8.01. The largest absolute Gasteiger partial charge is 0.478 e. The van der Waals surface area contributed by atoms with Gasteiger partial charge < -0.3 is 10.8 Å². The molecule has 1 aromatic carbocycles. The highest BCUT2D eigenvalue weighted by Gasteiger charge is 2.20. The van der Waals surface area contributed by atoms with Crippen molar-refractivity contribution in [3.8, 4) is 6.07 Å². The van der Waals surface area contributed by atoms with E-state index in [1.165, 1.54) is 0 Å². The van der Waals surface area contributed by atoms with Crippen LogP contribution in [0.3, 0.4) is 0 Å². The summed E-state index contributed by atoms with van der Waals surface area (Å²) in [6, 6.07) is 3.66. The fourth-order valence-corrected chi connectivity index (χ4v) is 1.24. The van der Waals surface area contributed by atoms with Gasteiger partial charge >= 0.3 is 5.97 Å². The van der Waals surface area contributed by atoms with E-state index >= 15 is 0 Å². The molecule has 0 saturated heterocycles. The standard InChI is InChI=1S/C9H7N3O4/c10-3-6-1-5(9(13)14)2-8(12(15)16)7(6)4-11/h1-2H,3,10H2,(H,13,14). The van der Waals surface area contributed by atoms with Crippen molar-refractivity contribution in [2.75, 3.05) is 0 Å². The summed E-state index contributed by atoms with van der Waals surface area (Å²) < 4.78 is 0. The van der Waals surface area contributed by atoms with Gasteiger partial charge in [0, 0.05) is 12.6 Å². The fourth-order valence-electron chi connectivity index (χ4n) is 1.24. The maximum absolute atomic E-state index is 10.7. The highest BCUT2D eigenvalue weighted by molar-refractivity contribution is 5.89. The van der Waals surface area contributed by atoms with Gasteiger partial charge in [0.05, 0.1) is 10.5 Å². The van der Waals surface area contributed by atoms with E-state index < -0.39 is 16.6 Å². The van der Waals surface area contributed by atoms with Crippen LogP contribution in [0.15, 0.2) is 12.1 Å². The number of aromatic carboxylic acids is 1. The van der Waals surface area contributed by atoms with Crippen molar-refractivity contribution in [3.63, 3.8) is 0 Å². The molecule has 0 aromatic heterocycles. The van der Waals surface area contributed by atoms with Gasteiger partial charge in [0.15, 0.2) is 0 Å². The number of carboxylic acids is 1. The van der Waals surface area contributed by atoms with Crippen LogP contribution in [-0.4, -0.2) is 16.0 Å². The lowest BCUT2D eigenvalue weighted by molar-refractivity contribution is -0.385. The van der Waals surface area contributed by atoms with Crippen molar-refractivity contribution < 1.29 is 14.8 Å². The minimum absolute atomic E-state index is 0.134. The molecule has 0 aliphatic carbocycles. The number of benzene rings is 1. The molecule has 0 bridgehead atoms. The molecule has 0 aliphatic heterocycles. The number of nitro groups is 1. The Kier molecular flexibility index (Phi) is 3.17. The summed E-state index contributed by atoms with van der Waals surface area (Å²) in [5.41, 5.74) is 4.45. The zero-order chi connectivity index (χ0) is 12.3. The van der Waals surface area contributed by atoms with E-state index in [1.807, 2.05) is 0 Å². The number of nitro benzene ring substituents is 1. The van der Waals surface area contributed by atoms with E-state index in [-0.39, 0.29) is 23.2 Å². The summed E-state index contributed by atoms with van der Waals surface area (Å²) in [4.78, 5) is 20.5. The van der Waals surface area contributed by atoms with Gasteiger partial charge in [0.25, 0.3) is 5.69 Å². The second-order valence-corrected chi connectivity index (χ2v) is 2.91. The van der Waals surface area contributed by atoms with Crippen molar-refractivity contribution in [2.45, 2.75) is 6.54 Å². The van der Waals surface area contributed by atoms with Crippen molar-refractivity contribution in [1.82, 2.24) is 0 Å². The monoisotopic (exact) mass is 221 g/mol. The van der Waals surface area contributed by atoms with Gasteiger partial charge in [-0.25, -0.2) is 4.79 Å².